The molecule has 0 aliphatic heterocycles. The number of carboxylic acids is 1. The van der Waals surface area contributed by atoms with E-state index >= 15 is 0 Å². The summed E-state index contributed by atoms with van der Waals surface area (Å²) in [7, 11) is -2.90. The lowest BCUT2D eigenvalue weighted by Gasteiger charge is -2.18. The van der Waals surface area contributed by atoms with Crippen LogP contribution >= 0.6 is 0 Å². The number of carboxylic acid groups (broad SMARTS) is 1. The molecule has 0 amide bonds. The van der Waals surface area contributed by atoms with E-state index in [2.05, 4.69) is 0 Å². The molecule has 0 heterocycles. The number of sulfonamides is 1. The zero-order valence-electron chi connectivity index (χ0n) is 11.5. The maximum atomic E-state index is 14.0. The molecular formula is C13H15F2NO4S. The molecule has 0 saturated heterocycles. The molecule has 0 spiro atoms. The number of carbonyl (C=O) groups is 1. The molecule has 1 saturated carbocycles. The van der Waals surface area contributed by atoms with Crippen LogP contribution in [-0.4, -0.2) is 37.4 Å². The normalized spacial score (nSPS) is 21.6. The number of hydrogen-bond donors (Lipinski definition) is 1. The monoisotopic (exact) mass is 319 g/mol. The van der Waals surface area contributed by atoms with E-state index in [0.29, 0.717) is 12.0 Å². The van der Waals surface area contributed by atoms with Crippen LogP contribution in [0.5, 0.6) is 0 Å². The number of rotatable bonds is 5. The highest BCUT2D eigenvalue weighted by molar-refractivity contribution is 7.89. The maximum absolute atomic E-state index is 14.0. The minimum atomic E-state index is -4.19. The van der Waals surface area contributed by atoms with Gasteiger partial charge in [-0.3, -0.25) is 0 Å². The molecule has 0 bridgehead atoms. The molecule has 2 atom stereocenters. The fraction of sp³-hybridized carbons (Fsp3) is 0.462. The SMILES string of the molecule is CC1CC1CN(C)S(=O)(=O)c1ccc(F)c(C(=O)O)c1F. The molecule has 8 heteroatoms. The predicted molar refractivity (Wildman–Crippen MR) is 70.4 cm³/mol. The predicted octanol–water partition coefficient (Wildman–Crippen LogP) is 1.94. The van der Waals surface area contributed by atoms with Crippen LogP contribution in [-0.2, 0) is 10.0 Å². The van der Waals surface area contributed by atoms with Crippen molar-refractivity contribution < 1.29 is 27.1 Å². The Balaban J connectivity index is 2.40. The Bertz CT molecular complexity index is 690. The first kappa shape index (κ1) is 15.8. The van der Waals surface area contributed by atoms with Crippen LogP contribution in [0, 0.1) is 23.5 Å². The second-order valence-electron chi connectivity index (χ2n) is 5.30. The first-order valence-corrected chi connectivity index (χ1v) is 7.78. The summed E-state index contributed by atoms with van der Waals surface area (Å²) in [5.74, 6) is -4.10. The van der Waals surface area contributed by atoms with Crippen LogP contribution < -0.4 is 0 Å². The van der Waals surface area contributed by atoms with Crippen molar-refractivity contribution in [2.24, 2.45) is 11.8 Å². The minimum absolute atomic E-state index is 0.215. The zero-order valence-corrected chi connectivity index (χ0v) is 12.3. The summed E-state index contributed by atoms with van der Waals surface area (Å²) < 4.78 is 52.9. The molecule has 2 unspecified atom stereocenters. The lowest BCUT2D eigenvalue weighted by molar-refractivity contribution is 0.0685. The molecular weight excluding hydrogens is 304 g/mol. The van der Waals surface area contributed by atoms with Crippen molar-refractivity contribution in [2.45, 2.75) is 18.2 Å². The van der Waals surface area contributed by atoms with Gasteiger partial charge in [0, 0.05) is 13.6 Å². The van der Waals surface area contributed by atoms with E-state index in [0.717, 1.165) is 16.8 Å². The van der Waals surface area contributed by atoms with Crippen molar-refractivity contribution >= 4 is 16.0 Å². The van der Waals surface area contributed by atoms with Crippen LogP contribution in [0.25, 0.3) is 0 Å². The van der Waals surface area contributed by atoms with Gasteiger partial charge in [0.05, 0.1) is 0 Å². The highest BCUT2D eigenvalue weighted by Crippen LogP contribution is 2.39. The second-order valence-corrected chi connectivity index (χ2v) is 7.31. The number of hydrogen-bond acceptors (Lipinski definition) is 3. The van der Waals surface area contributed by atoms with Crippen molar-refractivity contribution in [3.8, 4) is 0 Å². The molecule has 1 fully saturated rings. The lowest BCUT2D eigenvalue weighted by Crippen LogP contribution is -2.30. The van der Waals surface area contributed by atoms with Gasteiger partial charge < -0.3 is 5.11 Å². The van der Waals surface area contributed by atoms with Crippen LogP contribution in [0.1, 0.15) is 23.7 Å². The summed E-state index contributed by atoms with van der Waals surface area (Å²) in [5, 5.41) is 8.78. The topological polar surface area (TPSA) is 74.7 Å². The van der Waals surface area contributed by atoms with E-state index in [1.165, 1.54) is 7.05 Å². The highest BCUT2D eigenvalue weighted by Gasteiger charge is 2.37. The van der Waals surface area contributed by atoms with Gasteiger partial charge >= 0.3 is 5.97 Å². The highest BCUT2D eigenvalue weighted by atomic mass is 32.2. The van der Waals surface area contributed by atoms with Gasteiger partial charge in [0.25, 0.3) is 0 Å². The van der Waals surface area contributed by atoms with E-state index in [4.69, 9.17) is 5.11 Å². The first-order chi connectivity index (χ1) is 9.66. The van der Waals surface area contributed by atoms with E-state index in [-0.39, 0.29) is 12.5 Å². The first-order valence-electron chi connectivity index (χ1n) is 6.34. The van der Waals surface area contributed by atoms with E-state index in [9.17, 15) is 22.0 Å². The smallest absolute Gasteiger partial charge is 0.341 e. The van der Waals surface area contributed by atoms with Crippen LogP contribution in [0.15, 0.2) is 17.0 Å². The van der Waals surface area contributed by atoms with Crippen LogP contribution in [0.3, 0.4) is 0 Å². The third kappa shape index (κ3) is 2.91. The van der Waals surface area contributed by atoms with E-state index in [1.54, 1.807) is 0 Å². The van der Waals surface area contributed by atoms with Gasteiger partial charge in [0.15, 0.2) is 5.82 Å². The average molecular weight is 319 g/mol. The van der Waals surface area contributed by atoms with Crippen molar-refractivity contribution in [3.63, 3.8) is 0 Å². The Hall–Kier alpha value is -1.54. The molecule has 2 rings (SSSR count). The Morgan fingerprint density at radius 2 is 2.00 bits per heavy atom. The fourth-order valence-corrected chi connectivity index (χ4v) is 3.47. The Kier molecular flexibility index (Phi) is 4.03. The summed E-state index contributed by atoms with van der Waals surface area (Å²) in [4.78, 5) is 10.0. The summed E-state index contributed by atoms with van der Waals surface area (Å²) >= 11 is 0. The molecule has 1 aromatic carbocycles. The zero-order chi connectivity index (χ0) is 15.9. The minimum Gasteiger partial charge on any atom is -0.477 e. The fourth-order valence-electron chi connectivity index (χ4n) is 2.18. The molecule has 116 valence electrons. The Morgan fingerprint density at radius 3 is 2.48 bits per heavy atom. The van der Waals surface area contributed by atoms with Crippen molar-refractivity contribution in [1.29, 1.82) is 0 Å². The molecule has 0 aromatic heterocycles. The van der Waals surface area contributed by atoms with Gasteiger partial charge in [-0.25, -0.2) is 26.3 Å². The van der Waals surface area contributed by atoms with Gasteiger partial charge in [-0.05, 0) is 30.4 Å². The second kappa shape index (κ2) is 5.34. The van der Waals surface area contributed by atoms with Crippen molar-refractivity contribution in [3.05, 3.63) is 29.3 Å². The average Bonchev–Trinajstić information content (AvgIpc) is 3.03. The number of benzene rings is 1. The van der Waals surface area contributed by atoms with E-state index in [1.807, 2.05) is 6.92 Å². The molecule has 1 N–H and O–H groups in total. The molecule has 1 aliphatic rings. The maximum Gasteiger partial charge on any atom is 0.341 e. The van der Waals surface area contributed by atoms with Crippen molar-refractivity contribution in [1.82, 2.24) is 4.31 Å². The van der Waals surface area contributed by atoms with Gasteiger partial charge in [-0.2, -0.15) is 0 Å². The van der Waals surface area contributed by atoms with E-state index < -0.39 is 38.1 Å². The summed E-state index contributed by atoms with van der Waals surface area (Å²) in [6, 6.07) is 1.40. The third-order valence-corrected chi connectivity index (χ3v) is 5.57. The Labute approximate surface area is 121 Å². The standard InChI is InChI=1S/C13H15F2NO4S/c1-7-5-8(7)6-16(2)21(19,20)10-4-3-9(14)11(12(10)15)13(17)18/h3-4,7-8H,5-6H2,1-2H3,(H,17,18). The largest absolute Gasteiger partial charge is 0.477 e. The number of aromatic carboxylic acids is 1. The molecule has 0 radical (unpaired) electrons. The number of halogens is 2. The van der Waals surface area contributed by atoms with Gasteiger partial charge in [-0.1, -0.05) is 6.92 Å². The summed E-state index contributed by atoms with van der Waals surface area (Å²) in [6.45, 7) is 2.20. The van der Waals surface area contributed by atoms with Crippen molar-refractivity contribution in [2.75, 3.05) is 13.6 Å². The van der Waals surface area contributed by atoms with Gasteiger partial charge in [0.1, 0.15) is 16.3 Å². The molecule has 1 aliphatic carbocycles. The number of nitrogens with zero attached hydrogens (tertiary/aromatic N) is 1. The van der Waals surface area contributed by atoms with Gasteiger partial charge in [0.2, 0.25) is 10.0 Å². The molecule has 21 heavy (non-hydrogen) atoms. The van der Waals surface area contributed by atoms with Crippen LogP contribution in [0.4, 0.5) is 8.78 Å². The summed E-state index contributed by atoms with van der Waals surface area (Å²) in [5.41, 5.74) is -1.26. The third-order valence-electron chi connectivity index (χ3n) is 3.73. The lowest BCUT2D eigenvalue weighted by atomic mass is 10.2. The summed E-state index contributed by atoms with van der Waals surface area (Å²) in [6.07, 6.45) is 0.895. The Morgan fingerprint density at radius 1 is 1.43 bits per heavy atom. The molecule has 5 nitrogen and oxygen atoms in total. The molecule has 1 aromatic rings. The quantitative estimate of drug-likeness (QED) is 0.900. The van der Waals surface area contributed by atoms with Crippen LogP contribution in [0.2, 0.25) is 0 Å². The van der Waals surface area contributed by atoms with Gasteiger partial charge in [-0.15, -0.1) is 0 Å².